The lowest BCUT2D eigenvalue weighted by Crippen LogP contribution is -2.34. The Morgan fingerprint density at radius 1 is 1.00 bits per heavy atom. The van der Waals surface area contributed by atoms with Crippen molar-refractivity contribution in [1.82, 2.24) is 15.3 Å². The first-order chi connectivity index (χ1) is 12.9. The fraction of sp³-hybridized carbons (Fsp3) is 0.100. The minimum absolute atomic E-state index is 0.214. The van der Waals surface area contributed by atoms with Gasteiger partial charge < -0.3 is 0 Å². The van der Waals surface area contributed by atoms with Crippen molar-refractivity contribution in [3.63, 3.8) is 0 Å². The first kappa shape index (κ1) is 18.5. The Morgan fingerprint density at radius 3 is 2.37 bits per heavy atom. The zero-order valence-corrected chi connectivity index (χ0v) is 15.5. The van der Waals surface area contributed by atoms with Crippen LogP contribution in [0.25, 0.3) is 11.3 Å². The molecule has 0 atom stereocenters. The normalized spacial score (nSPS) is 10.3. The SMILES string of the molecule is Cc1ccc(-c2ncc(NC(=O)NC(=O)c3ccccc3Cl)nc2C)cc1. The molecule has 3 amide bonds. The topological polar surface area (TPSA) is 84.0 Å². The predicted molar refractivity (Wildman–Crippen MR) is 105 cm³/mol. The molecule has 0 saturated heterocycles. The highest BCUT2D eigenvalue weighted by atomic mass is 35.5. The van der Waals surface area contributed by atoms with Gasteiger partial charge in [0.05, 0.1) is 28.2 Å². The Morgan fingerprint density at radius 2 is 1.70 bits per heavy atom. The summed E-state index contributed by atoms with van der Waals surface area (Å²) in [5.74, 6) is -0.355. The fourth-order valence-corrected chi connectivity index (χ4v) is 2.72. The van der Waals surface area contributed by atoms with Gasteiger partial charge in [-0.25, -0.2) is 9.78 Å². The number of aromatic nitrogens is 2. The fourth-order valence-electron chi connectivity index (χ4n) is 2.50. The van der Waals surface area contributed by atoms with Gasteiger partial charge in [-0.1, -0.05) is 53.6 Å². The number of hydrogen-bond acceptors (Lipinski definition) is 4. The number of aryl methyl sites for hydroxylation is 2. The molecule has 0 aliphatic rings. The molecule has 6 nitrogen and oxygen atoms in total. The van der Waals surface area contributed by atoms with Crippen LogP contribution in [0.3, 0.4) is 0 Å². The molecule has 0 aliphatic carbocycles. The van der Waals surface area contributed by atoms with E-state index in [1.165, 1.54) is 12.3 Å². The molecule has 3 rings (SSSR count). The highest BCUT2D eigenvalue weighted by Gasteiger charge is 2.14. The lowest BCUT2D eigenvalue weighted by atomic mass is 10.1. The van der Waals surface area contributed by atoms with Gasteiger partial charge >= 0.3 is 6.03 Å². The summed E-state index contributed by atoms with van der Waals surface area (Å²) in [5.41, 5.74) is 3.70. The molecule has 0 fully saturated rings. The maximum atomic E-state index is 12.1. The van der Waals surface area contributed by atoms with E-state index in [1.807, 2.05) is 31.2 Å². The molecule has 0 bridgehead atoms. The van der Waals surface area contributed by atoms with Crippen molar-refractivity contribution in [3.8, 4) is 11.3 Å². The Labute approximate surface area is 161 Å². The standard InChI is InChI=1S/C20H17ClN4O2/c1-12-7-9-14(10-8-12)18-13(2)23-17(11-22-18)24-20(27)25-19(26)15-5-3-4-6-16(15)21/h3-11H,1-2H3,(H2,23,24,25,26,27). The van der Waals surface area contributed by atoms with E-state index in [2.05, 4.69) is 20.6 Å². The maximum Gasteiger partial charge on any atom is 0.327 e. The summed E-state index contributed by atoms with van der Waals surface area (Å²) in [6, 6.07) is 13.7. The average Bonchev–Trinajstić information content (AvgIpc) is 2.63. The Hall–Kier alpha value is -3.25. The van der Waals surface area contributed by atoms with Gasteiger partial charge in [-0.05, 0) is 26.0 Å². The summed E-state index contributed by atoms with van der Waals surface area (Å²) in [7, 11) is 0. The third kappa shape index (κ3) is 4.48. The van der Waals surface area contributed by atoms with Gasteiger partial charge in [0, 0.05) is 5.56 Å². The highest BCUT2D eigenvalue weighted by Crippen LogP contribution is 2.21. The first-order valence-electron chi connectivity index (χ1n) is 8.21. The number of urea groups is 1. The molecule has 2 aromatic carbocycles. The Kier molecular flexibility index (Phi) is 5.47. The number of hydrogen-bond donors (Lipinski definition) is 2. The molecule has 136 valence electrons. The van der Waals surface area contributed by atoms with E-state index in [9.17, 15) is 9.59 Å². The highest BCUT2D eigenvalue weighted by molar-refractivity contribution is 6.34. The van der Waals surface area contributed by atoms with E-state index < -0.39 is 11.9 Å². The molecule has 27 heavy (non-hydrogen) atoms. The van der Waals surface area contributed by atoms with E-state index in [1.54, 1.807) is 25.1 Å². The van der Waals surface area contributed by atoms with Gasteiger partial charge in [-0.15, -0.1) is 0 Å². The number of amides is 3. The summed E-state index contributed by atoms with van der Waals surface area (Å²) in [4.78, 5) is 32.9. The molecular formula is C20H17ClN4O2. The van der Waals surface area contributed by atoms with Crippen LogP contribution >= 0.6 is 11.6 Å². The number of nitrogens with zero attached hydrogens (tertiary/aromatic N) is 2. The van der Waals surface area contributed by atoms with E-state index in [0.717, 1.165) is 16.8 Å². The number of halogens is 1. The second-order valence-corrected chi connectivity index (χ2v) is 6.35. The average molecular weight is 381 g/mol. The van der Waals surface area contributed by atoms with Crippen molar-refractivity contribution in [3.05, 3.63) is 76.6 Å². The number of imide groups is 1. The van der Waals surface area contributed by atoms with Gasteiger partial charge in [0.25, 0.3) is 5.91 Å². The molecule has 0 saturated carbocycles. The Balaban J connectivity index is 1.69. The van der Waals surface area contributed by atoms with Gasteiger partial charge in [0.15, 0.2) is 5.82 Å². The van der Waals surface area contributed by atoms with Crippen LogP contribution in [0.15, 0.2) is 54.7 Å². The number of carbonyl (C=O) groups is 2. The van der Waals surface area contributed by atoms with Gasteiger partial charge in [-0.2, -0.15) is 0 Å². The monoisotopic (exact) mass is 380 g/mol. The van der Waals surface area contributed by atoms with E-state index >= 15 is 0 Å². The quantitative estimate of drug-likeness (QED) is 0.706. The van der Waals surface area contributed by atoms with Gasteiger partial charge in [0.2, 0.25) is 0 Å². The minimum Gasteiger partial charge on any atom is -0.291 e. The molecule has 1 heterocycles. The van der Waals surface area contributed by atoms with Crippen LogP contribution in [0.4, 0.5) is 10.6 Å². The van der Waals surface area contributed by atoms with Crippen molar-refractivity contribution in [2.45, 2.75) is 13.8 Å². The van der Waals surface area contributed by atoms with Crippen LogP contribution < -0.4 is 10.6 Å². The van der Waals surface area contributed by atoms with Crippen molar-refractivity contribution in [2.24, 2.45) is 0 Å². The summed E-state index contributed by atoms with van der Waals surface area (Å²) in [5, 5.41) is 4.98. The van der Waals surface area contributed by atoms with Crippen LogP contribution in [0, 0.1) is 13.8 Å². The number of anilines is 1. The van der Waals surface area contributed by atoms with Crippen molar-refractivity contribution in [2.75, 3.05) is 5.32 Å². The molecule has 1 aromatic heterocycles. The summed E-state index contributed by atoms with van der Waals surface area (Å²) < 4.78 is 0. The number of rotatable bonds is 3. The van der Waals surface area contributed by atoms with Crippen LogP contribution in [0.2, 0.25) is 5.02 Å². The van der Waals surface area contributed by atoms with Crippen LogP contribution in [0.5, 0.6) is 0 Å². The van der Waals surface area contributed by atoms with Crippen LogP contribution in [-0.2, 0) is 0 Å². The number of nitrogens with one attached hydrogen (secondary N) is 2. The van der Waals surface area contributed by atoms with Gasteiger partial charge in [-0.3, -0.25) is 20.4 Å². The molecular weight excluding hydrogens is 364 g/mol. The molecule has 0 aliphatic heterocycles. The van der Waals surface area contributed by atoms with Crippen molar-refractivity contribution < 1.29 is 9.59 Å². The molecule has 3 aromatic rings. The molecule has 0 spiro atoms. The smallest absolute Gasteiger partial charge is 0.291 e. The van der Waals surface area contributed by atoms with E-state index in [0.29, 0.717) is 5.69 Å². The van der Waals surface area contributed by atoms with E-state index in [-0.39, 0.29) is 16.4 Å². The predicted octanol–water partition coefficient (Wildman–Crippen LogP) is 4.38. The third-order valence-electron chi connectivity index (χ3n) is 3.86. The molecule has 7 heteroatoms. The second-order valence-electron chi connectivity index (χ2n) is 5.94. The molecule has 0 radical (unpaired) electrons. The number of benzene rings is 2. The maximum absolute atomic E-state index is 12.1. The first-order valence-corrected chi connectivity index (χ1v) is 8.59. The van der Waals surface area contributed by atoms with Crippen molar-refractivity contribution in [1.29, 1.82) is 0 Å². The Bertz CT molecular complexity index is 1000. The summed E-state index contributed by atoms with van der Waals surface area (Å²) in [6.45, 7) is 3.82. The lowest BCUT2D eigenvalue weighted by Gasteiger charge is -2.09. The molecule has 2 N–H and O–H groups in total. The van der Waals surface area contributed by atoms with Gasteiger partial charge in [0.1, 0.15) is 0 Å². The van der Waals surface area contributed by atoms with E-state index in [4.69, 9.17) is 11.6 Å². The summed E-state index contributed by atoms with van der Waals surface area (Å²) in [6.07, 6.45) is 1.45. The molecule has 0 unspecified atom stereocenters. The second kappa shape index (κ2) is 7.97. The van der Waals surface area contributed by atoms with Crippen LogP contribution in [0.1, 0.15) is 21.6 Å². The zero-order chi connectivity index (χ0) is 19.4. The lowest BCUT2D eigenvalue weighted by molar-refractivity contribution is 0.0967. The van der Waals surface area contributed by atoms with Crippen molar-refractivity contribution >= 4 is 29.4 Å². The largest absolute Gasteiger partial charge is 0.327 e. The summed E-state index contributed by atoms with van der Waals surface area (Å²) >= 11 is 5.95. The third-order valence-corrected chi connectivity index (χ3v) is 4.19. The zero-order valence-electron chi connectivity index (χ0n) is 14.8. The van der Waals surface area contributed by atoms with Crippen LogP contribution in [-0.4, -0.2) is 21.9 Å². The number of carbonyl (C=O) groups excluding carboxylic acids is 2. The minimum atomic E-state index is -0.711.